The van der Waals surface area contributed by atoms with Gasteiger partial charge in [-0.2, -0.15) is 0 Å². The molecule has 23 heavy (non-hydrogen) atoms. The number of allylic oxidation sites excluding steroid dienone is 2. The van der Waals surface area contributed by atoms with Gasteiger partial charge in [0, 0.05) is 11.1 Å². The molecule has 0 spiro atoms. The van der Waals surface area contributed by atoms with Crippen molar-refractivity contribution in [3.8, 4) is 11.5 Å². The van der Waals surface area contributed by atoms with E-state index in [9.17, 15) is 15.0 Å². The third-order valence-corrected chi connectivity index (χ3v) is 3.96. The number of hydrogen-bond donors (Lipinski definition) is 2. The summed E-state index contributed by atoms with van der Waals surface area (Å²) in [5, 5.41) is 18.9. The van der Waals surface area contributed by atoms with Crippen LogP contribution in [-0.4, -0.2) is 16.0 Å². The van der Waals surface area contributed by atoms with Crippen LogP contribution in [0.1, 0.15) is 30.4 Å². The fraction of sp³-hybridized carbons (Fsp3) is 0.150. The number of phenolic OH excluding ortho intramolecular Hbond substituents is 2. The Bertz CT molecular complexity index is 786. The minimum atomic E-state index is -0.178. The van der Waals surface area contributed by atoms with Crippen LogP contribution in [-0.2, 0) is 4.79 Å². The van der Waals surface area contributed by atoms with Gasteiger partial charge in [0.15, 0.2) is 17.3 Å². The van der Waals surface area contributed by atoms with Gasteiger partial charge >= 0.3 is 0 Å². The normalized spacial score (nSPS) is 18.5. The molecule has 1 saturated carbocycles. The first-order chi connectivity index (χ1) is 11.1. The third kappa shape index (κ3) is 3.51. The van der Waals surface area contributed by atoms with E-state index >= 15 is 0 Å². The molecule has 3 heteroatoms. The summed E-state index contributed by atoms with van der Waals surface area (Å²) in [6.45, 7) is 0. The topological polar surface area (TPSA) is 57.5 Å². The van der Waals surface area contributed by atoms with Gasteiger partial charge in [0.1, 0.15) is 0 Å². The molecule has 116 valence electrons. The van der Waals surface area contributed by atoms with Gasteiger partial charge in [-0.05, 0) is 54.7 Å². The van der Waals surface area contributed by atoms with Crippen molar-refractivity contribution < 1.29 is 15.0 Å². The molecular weight excluding hydrogens is 288 g/mol. The lowest BCUT2D eigenvalue weighted by atomic mass is 9.87. The molecule has 0 bridgehead atoms. The minimum absolute atomic E-state index is 0.0627. The zero-order chi connectivity index (χ0) is 16.2. The monoisotopic (exact) mass is 306 g/mol. The van der Waals surface area contributed by atoms with E-state index in [0.29, 0.717) is 5.56 Å². The average Bonchev–Trinajstić information content (AvgIpc) is 2.56. The fourth-order valence-corrected chi connectivity index (χ4v) is 2.76. The smallest absolute Gasteiger partial charge is 0.185 e. The second-order valence-electron chi connectivity index (χ2n) is 5.68. The first-order valence-corrected chi connectivity index (χ1v) is 7.66. The van der Waals surface area contributed by atoms with Crippen LogP contribution in [0.5, 0.6) is 11.5 Å². The maximum atomic E-state index is 12.6. The van der Waals surface area contributed by atoms with Crippen LogP contribution in [0.3, 0.4) is 0 Å². The predicted molar refractivity (Wildman–Crippen MR) is 91.0 cm³/mol. The Kier molecular flexibility index (Phi) is 4.29. The van der Waals surface area contributed by atoms with E-state index in [2.05, 4.69) is 0 Å². The lowest BCUT2D eigenvalue weighted by Crippen LogP contribution is -2.12. The van der Waals surface area contributed by atoms with Crippen LogP contribution in [0.2, 0.25) is 0 Å². The molecule has 0 amide bonds. The van der Waals surface area contributed by atoms with Crippen molar-refractivity contribution in [2.75, 3.05) is 0 Å². The summed E-state index contributed by atoms with van der Waals surface area (Å²) >= 11 is 0. The Morgan fingerprint density at radius 1 is 0.783 bits per heavy atom. The van der Waals surface area contributed by atoms with E-state index in [4.69, 9.17) is 0 Å². The van der Waals surface area contributed by atoms with Gasteiger partial charge in [0.2, 0.25) is 0 Å². The minimum Gasteiger partial charge on any atom is -0.504 e. The molecule has 0 radical (unpaired) electrons. The highest BCUT2D eigenvalue weighted by Crippen LogP contribution is 2.30. The van der Waals surface area contributed by atoms with Crippen molar-refractivity contribution >= 4 is 17.9 Å². The Hall–Kier alpha value is -2.81. The summed E-state index contributed by atoms with van der Waals surface area (Å²) in [5.74, 6) is -0.276. The maximum absolute atomic E-state index is 12.6. The molecule has 1 aliphatic carbocycles. The van der Waals surface area contributed by atoms with Gasteiger partial charge < -0.3 is 10.2 Å². The highest BCUT2D eigenvalue weighted by Gasteiger charge is 2.20. The van der Waals surface area contributed by atoms with Gasteiger partial charge in [0.25, 0.3) is 0 Å². The first kappa shape index (κ1) is 15.1. The highest BCUT2D eigenvalue weighted by molar-refractivity contribution is 6.13. The van der Waals surface area contributed by atoms with Gasteiger partial charge in [0.05, 0.1) is 0 Å². The summed E-state index contributed by atoms with van der Waals surface area (Å²) in [6, 6.07) is 14.4. The molecule has 0 unspecified atom stereocenters. The molecule has 3 rings (SSSR count). The van der Waals surface area contributed by atoms with E-state index in [1.807, 2.05) is 36.4 Å². The molecular formula is C20H18O3. The third-order valence-electron chi connectivity index (χ3n) is 3.96. The van der Waals surface area contributed by atoms with E-state index < -0.39 is 0 Å². The fourth-order valence-electron chi connectivity index (χ4n) is 2.76. The van der Waals surface area contributed by atoms with Crippen molar-refractivity contribution in [2.45, 2.75) is 19.3 Å². The Labute approximate surface area is 135 Å². The zero-order valence-electron chi connectivity index (χ0n) is 12.7. The average molecular weight is 306 g/mol. The van der Waals surface area contributed by atoms with Gasteiger partial charge in [-0.25, -0.2) is 0 Å². The lowest BCUT2D eigenvalue weighted by Gasteiger charge is -2.16. The quantitative estimate of drug-likeness (QED) is 0.642. The van der Waals surface area contributed by atoms with Gasteiger partial charge in [-0.3, -0.25) is 4.79 Å². The van der Waals surface area contributed by atoms with Crippen molar-refractivity contribution in [1.29, 1.82) is 0 Å². The second-order valence-corrected chi connectivity index (χ2v) is 5.68. The highest BCUT2D eigenvalue weighted by atomic mass is 16.3. The number of phenols is 2. The zero-order valence-corrected chi connectivity index (χ0v) is 12.7. The summed E-state index contributed by atoms with van der Waals surface area (Å²) < 4.78 is 0. The van der Waals surface area contributed by atoms with Crippen LogP contribution in [0.15, 0.2) is 59.7 Å². The van der Waals surface area contributed by atoms with Crippen LogP contribution in [0.25, 0.3) is 12.2 Å². The number of carbonyl (C=O) groups is 1. The van der Waals surface area contributed by atoms with E-state index in [-0.39, 0.29) is 17.3 Å². The van der Waals surface area contributed by atoms with Crippen molar-refractivity contribution in [3.63, 3.8) is 0 Å². The van der Waals surface area contributed by atoms with E-state index in [1.54, 1.807) is 12.1 Å². The first-order valence-electron chi connectivity index (χ1n) is 7.66. The molecule has 2 aromatic carbocycles. The van der Waals surface area contributed by atoms with Gasteiger partial charge in [-0.15, -0.1) is 0 Å². The number of aromatic hydroxyl groups is 2. The van der Waals surface area contributed by atoms with Crippen molar-refractivity contribution in [2.24, 2.45) is 0 Å². The van der Waals surface area contributed by atoms with E-state index in [0.717, 1.165) is 36.0 Å². The summed E-state index contributed by atoms with van der Waals surface area (Å²) in [4.78, 5) is 12.6. The van der Waals surface area contributed by atoms with Crippen LogP contribution in [0.4, 0.5) is 0 Å². The molecule has 1 aliphatic rings. The predicted octanol–water partition coefficient (Wildman–Crippen LogP) is 4.32. The van der Waals surface area contributed by atoms with Crippen LogP contribution >= 0.6 is 0 Å². The number of benzene rings is 2. The SMILES string of the molecule is O=C1/C(=C/c2ccccc2)CCC/C1=C\c1ccc(O)c(O)c1. The molecule has 0 aliphatic heterocycles. The Morgan fingerprint density at radius 3 is 2.09 bits per heavy atom. The molecule has 0 atom stereocenters. The van der Waals surface area contributed by atoms with Crippen LogP contribution < -0.4 is 0 Å². The molecule has 0 aromatic heterocycles. The summed E-state index contributed by atoms with van der Waals surface area (Å²) in [5.41, 5.74) is 3.30. The number of Topliss-reactive ketones (excluding diaryl/α,β-unsaturated/α-hetero) is 1. The maximum Gasteiger partial charge on any atom is 0.185 e. The summed E-state index contributed by atoms with van der Waals surface area (Å²) in [6.07, 6.45) is 6.18. The van der Waals surface area contributed by atoms with Crippen LogP contribution in [0, 0.1) is 0 Å². The van der Waals surface area contributed by atoms with E-state index in [1.165, 1.54) is 12.1 Å². The number of ketones is 1. The Morgan fingerprint density at radius 2 is 1.43 bits per heavy atom. The Balaban J connectivity index is 1.89. The standard InChI is InChI=1S/C20H18O3/c21-18-10-9-15(13-19(18)22)12-17-8-4-7-16(20(17)23)11-14-5-2-1-3-6-14/h1-3,5-6,9-13,21-22H,4,7-8H2/b16-11+,17-12+. The largest absolute Gasteiger partial charge is 0.504 e. The number of carbonyl (C=O) groups excluding carboxylic acids is 1. The summed E-state index contributed by atoms with van der Waals surface area (Å²) in [7, 11) is 0. The van der Waals surface area contributed by atoms with Gasteiger partial charge in [-0.1, -0.05) is 36.4 Å². The number of rotatable bonds is 2. The lowest BCUT2D eigenvalue weighted by molar-refractivity contribution is -0.112. The molecule has 1 fully saturated rings. The molecule has 2 aromatic rings. The second kappa shape index (κ2) is 6.53. The molecule has 0 saturated heterocycles. The van der Waals surface area contributed by atoms with Crippen molar-refractivity contribution in [1.82, 2.24) is 0 Å². The molecule has 0 heterocycles. The van der Waals surface area contributed by atoms with Crippen molar-refractivity contribution in [3.05, 3.63) is 70.8 Å². The molecule has 3 nitrogen and oxygen atoms in total. The number of hydrogen-bond acceptors (Lipinski definition) is 3. The molecule has 2 N–H and O–H groups in total.